The quantitative estimate of drug-likeness (QED) is 0.556. The number of aryl methyl sites for hydroxylation is 2. The molecule has 0 aliphatic rings. The first kappa shape index (κ1) is 16.8. The fourth-order valence-electron chi connectivity index (χ4n) is 2.34. The summed E-state index contributed by atoms with van der Waals surface area (Å²) in [5, 5.41) is 20.0. The lowest BCUT2D eigenvalue weighted by Crippen LogP contribution is -2.13. The number of anilines is 1. The average Bonchev–Trinajstić information content (AvgIpc) is 3.21. The van der Waals surface area contributed by atoms with E-state index in [2.05, 4.69) is 15.4 Å². The Morgan fingerprint density at radius 1 is 1.40 bits per heavy atom. The monoisotopic (exact) mass is 357 g/mol. The SMILES string of the molecule is CCn1nc(C(=O)Nc2nc(-c3cccc([N+](=O)[O-])c3)cs2)cc1C. The molecule has 128 valence electrons. The van der Waals surface area contributed by atoms with Gasteiger partial charge < -0.3 is 0 Å². The van der Waals surface area contributed by atoms with Gasteiger partial charge in [0.05, 0.1) is 10.6 Å². The van der Waals surface area contributed by atoms with Gasteiger partial charge in [-0.05, 0) is 19.9 Å². The second kappa shape index (κ2) is 6.81. The number of hydrogen-bond donors (Lipinski definition) is 1. The summed E-state index contributed by atoms with van der Waals surface area (Å²) >= 11 is 1.25. The Bertz CT molecular complexity index is 947. The van der Waals surface area contributed by atoms with Crippen molar-refractivity contribution in [2.45, 2.75) is 20.4 Å². The lowest BCUT2D eigenvalue weighted by molar-refractivity contribution is -0.384. The Kier molecular flexibility index (Phi) is 4.57. The summed E-state index contributed by atoms with van der Waals surface area (Å²) in [5.41, 5.74) is 2.42. The summed E-state index contributed by atoms with van der Waals surface area (Å²) in [4.78, 5) is 27.0. The Hall–Kier alpha value is -3.07. The molecule has 0 saturated carbocycles. The average molecular weight is 357 g/mol. The predicted octanol–water partition coefficient (Wildman–Crippen LogP) is 3.50. The smallest absolute Gasteiger partial charge is 0.277 e. The summed E-state index contributed by atoms with van der Waals surface area (Å²) in [6.07, 6.45) is 0. The fourth-order valence-corrected chi connectivity index (χ4v) is 3.06. The molecule has 2 aromatic heterocycles. The molecule has 0 spiro atoms. The third-order valence-electron chi connectivity index (χ3n) is 3.59. The number of aromatic nitrogens is 3. The van der Waals surface area contributed by atoms with Gasteiger partial charge in [0.1, 0.15) is 0 Å². The lowest BCUT2D eigenvalue weighted by atomic mass is 10.1. The van der Waals surface area contributed by atoms with Crippen LogP contribution in [-0.2, 0) is 6.54 Å². The van der Waals surface area contributed by atoms with E-state index in [9.17, 15) is 14.9 Å². The normalized spacial score (nSPS) is 10.6. The molecule has 2 heterocycles. The van der Waals surface area contributed by atoms with Gasteiger partial charge in [0.15, 0.2) is 10.8 Å². The van der Waals surface area contributed by atoms with Gasteiger partial charge in [-0.15, -0.1) is 11.3 Å². The Labute approximate surface area is 147 Å². The Morgan fingerprint density at radius 3 is 2.88 bits per heavy atom. The topological polar surface area (TPSA) is 103 Å². The molecular formula is C16H15N5O3S. The molecule has 0 atom stereocenters. The van der Waals surface area contributed by atoms with Crippen molar-refractivity contribution in [2.75, 3.05) is 5.32 Å². The van der Waals surface area contributed by atoms with E-state index in [4.69, 9.17) is 0 Å². The van der Waals surface area contributed by atoms with Crippen LogP contribution < -0.4 is 5.32 Å². The second-order valence-corrected chi connectivity index (χ2v) is 6.14. The van der Waals surface area contributed by atoms with Crippen LogP contribution in [0.1, 0.15) is 23.1 Å². The summed E-state index contributed by atoms with van der Waals surface area (Å²) < 4.78 is 1.74. The lowest BCUT2D eigenvalue weighted by Gasteiger charge is -1.99. The molecule has 0 aliphatic carbocycles. The number of nitrogens with one attached hydrogen (secondary N) is 1. The first-order chi connectivity index (χ1) is 12.0. The van der Waals surface area contributed by atoms with Crippen molar-refractivity contribution in [3.63, 3.8) is 0 Å². The second-order valence-electron chi connectivity index (χ2n) is 5.29. The zero-order valence-electron chi connectivity index (χ0n) is 13.6. The van der Waals surface area contributed by atoms with Crippen LogP contribution in [0.4, 0.5) is 10.8 Å². The highest BCUT2D eigenvalue weighted by Crippen LogP contribution is 2.27. The van der Waals surface area contributed by atoms with Gasteiger partial charge in [-0.3, -0.25) is 24.9 Å². The van der Waals surface area contributed by atoms with Gasteiger partial charge in [-0.1, -0.05) is 12.1 Å². The van der Waals surface area contributed by atoms with Crippen molar-refractivity contribution in [1.82, 2.24) is 14.8 Å². The van der Waals surface area contributed by atoms with Gasteiger partial charge in [-0.2, -0.15) is 5.10 Å². The van der Waals surface area contributed by atoms with Crippen LogP contribution in [0, 0.1) is 17.0 Å². The highest BCUT2D eigenvalue weighted by atomic mass is 32.1. The number of nitro benzene ring substituents is 1. The molecule has 3 rings (SSSR count). The summed E-state index contributed by atoms with van der Waals surface area (Å²) in [7, 11) is 0. The molecule has 3 aromatic rings. The number of thiazole rings is 1. The molecule has 0 fully saturated rings. The third-order valence-corrected chi connectivity index (χ3v) is 4.35. The fraction of sp³-hybridized carbons (Fsp3) is 0.188. The number of amides is 1. The van der Waals surface area contributed by atoms with Crippen LogP contribution in [0.3, 0.4) is 0 Å². The van der Waals surface area contributed by atoms with Gasteiger partial charge in [0.2, 0.25) is 0 Å². The molecule has 1 N–H and O–H groups in total. The van der Waals surface area contributed by atoms with E-state index < -0.39 is 4.92 Å². The molecule has 9 heteroatoms. The van der Waals surface area contributed by atoms with E-state index in [0.29, 0.717) is 28.6 Å². The molecule has 0 unspecified atom stereocenters. The molecule has 0 saturated heterocycles. The van der Waals surface area contributed by atoms with Gasteiger partial charge in [0.25, 0.3) is 11.6 Å². The number of nitrogens with zero attached hydrogens (tertiary/aromatic N) is 4. The molecule has 1 amide bonds. The standard InChI is InChI=1S/C16H15N5O3S/c1-3-20-10(2)7-13(19-20)15(22)18-16-17-14(9-25-16)11-5-4-6-12(8-11)21(23)24/h4-9H,3H2,1-2H3,(H,17,18,22). The van der Waals surface area contributed by atoms with E-state index in [1.165, 1.54) is 23.5 Å². The van der Waals surface area contributed by atoms with Gasteiger partial charge in [-0.25, -0.2) is 4.98 Å². The van der Waals surface area contributed by atoms with Crippen LogP contribution in [0.2, 0.25) is 0 Å². The van der Waals surface area contributed by atoms with Crippen LogP contribution in [0.15, 0.2) is 35.7 Å². The zero-order valence-corrected chi connectivity index (χ0v) is 14.4. The van der Waals surface area contributed by atoms with E-state index >= 15 is 0 Å². The molecule has 0 bridgehead atoms. The number of hydrogen-bond acceptors (Lipinski definition) is 6. The maximum absolute atomic E-state index is 12.3. The van der Waals surface area contributed by atoms with Crippen molar-refractivity contribution in [3.8, 4) is 11.3 Å². The van der Waals surface area contributed by atoms with E-state index in [0.717, 1.165) is 5.69 Å². The summed E-state index contributed by atoms with van der Waals surface area (Å²) in [5.74, 6) is -0.338. The van der Waals surface area contributed by atoms with Gasteiger partial charge >= 0.3 is 0 Å². The van der Waals surface area contributed by atoms with E-state index in [-0.39, 0.29) is 11.6 Å². The molecular weight excluding hydrogens is 342 g/mol. The van der Waals surface area contributed by atoms with Crippen molar-refractivity contribution in [1.29, 1.82) is 0 Å². The molecule has 0 aliphatic heterocycles. The Balaban J connectivity index is 1.78. The maximum atomic E-state index is 12.3. The minimum atomic E-state index is -0.453. The van der Waals surface area contributed by atoms with Crippen molar-refractivity contribution < 1.29 is 9.72 Å². The summed E-state index contributed by atoms with van der Waals surface area (Å²) in [6, 6.07) is 7.93. The number of carbonyl (C=O) groups is 1. The first-order valence-corrected chi connectivity index (χ1v) is 8.42. The largest absolute Gasteiger partial charge is 0.296 e. The van der Waals surface area contributed by atoms with Crippen molar-refractivity contribution in [2.24, 2.45) is 0 Å². The highest BCUT2D eigenvalue weighted by Gasteiger charge is 2.15. The molecule has 8 nitrogen and oxygen atoms in total. The predicted molar refractivity (Wildman–Crippen MR) is 94.8 cm³/mol. The molecule has 1 aromatic carbocycles. The van der Waals surface area contributed by atoms with Crippen LogP contribution in [0.5, 0.6) is 0 Å². The van der Waals surface area contributed by atoms with Crippen LogP contribution in [0.25, 0.3) is 11.3 Å². The Morgan fingerprint density at radius 2 is 2.20 bits per heavy atom. The summed E-state index contributed by atoms with van der Waals surface area (Å²) in [6.45, 7) is 4.53. The number of nitro groups is 1. The van der Waals surface area contributed by atoms with E-state index in [1.807, 2.05) is 13.8 Å². The number of benzene rings is 1. The number of non-ortho nitro benzene ring substituents is 1. The van der Waals surface area contributed by atoms with E-state index in [1.54, 1.807) is 28.3 Å². The first-order valence-electron chi connectivity index (χ1n) is 7.54. The number of rotatable bonds is 5. The maximum Gasteiger partial charge on any atom is 0.277 e. The third kappa shape index (κ3) is 3.56. The molecule has 0 radical (unpaired) electrons. The van der Waals surface area contributed by atoms with Crippen LogP contribution in [-0.4, -0.2) is 25.6 Å². The van der Waals surface area contributed by atoms with Crippen molar-refractivity contribution in [3.05, 3.63) is 57.2 Å². The minimum absolute atomic E-state index is 0.00309. The molecule has 25 heavy (non-hydrogen) atoms. The highest BCUT2D eigenvalue weighted by molar-refractivity contribution is 7.14. The number of carbonyl (C=O) groups excluding carboxylic acids is 1. The minimum Gasteiger partial charge on any atom is -0.296 e. The zero-order chi connectivity index (χ0) is 18.0. The van der Waals surface area contributed by atoms with Gasteiger partial charge in [0, 0.05) is 35.3 Å². The van der Waals surface area contributed by atoms with Crippen molar-refractivity contribution >= 4 is 28.1 Å². The van der Waals surface area contributed by atoms with Crippen LogP contribution >= 0.6 is 11.3 Å².